The molecule has 0 radical (unpaired) electrons. The van der Waals surface area contributed by atoms with Crippen molar-refractivity contribution in [3.63, 3.8) is 0 Å². The van der Waals surface area contributed by atoms with Crippen molar-refractivity contribution in [3.05, 3.63) is 24.3 Å². The monoisotopic (exact) mass is 393 g/mol. The van der Waals surface area contributed by atoms with Crippen LogP contribution in [0.4, 0.5) is 10.8 Å². The SMILES string of the molecule is CC(C)CNc1nnc(SCC(=O)Nc2ccccc2SCC#N)s1. The minimum absolute atomic E-state index is 0.109. The number of nitrogens with one attached hydrogen (secondary N) is 2. The minimum atomic E-state index is -0.109. The summed E-state index contributed by atoms with van der Waals surface area (Å²) in [6, 6.07) is 9.56. The predicted molar refractivity (Wildman–Crippen MR) is 105 cm³/mol. The van der Waals surface area contributed by atoms with Crippen LogP contribution in [0.15, 0.2) is 33.5 Å². The van der Waals surface area contributed by atoms with Crippen LogP contribution in [0, 0.1) is 17.2 Å². The first-order valence-corrected chi connectivity index (χ1v) is 10.5. The Morgan fingerprint density at radius 2 is 2.12 bits per heavy atom. The van der Waals surface area contributed by atoms with Crippen LogP contribution in [-0.2, 0) is 4.79 Å². The summed E-state index contributed by atoms with van der Waals surface area (Å²) in [6.45, 7) is 5.10. The maximum Gasteiger partial charge on any atom is 0.234 e. The van der Waals surface area contributed by atoms with Gasteiger partial charge in [0.15, 0.2) is 4.34 Å². The van der Waals surface area contributed by atoms with E-state index in [2.05, 4.69) is 40.7 Å². The second kappa shape index (κ2) is 10.3. The van der Waals surface area contributed by atoms with Gasteiger partial charge in [-0.05, 0) is 18.1 Å². The molecule has 2 rings (SSSR count). The van der Waals surface area contributed by atoms with E-state index in [1.54, 1.807) is 0 Å². The van der Waals surface area contributed by atoms with Crippen LogP contribution in [0.5, 0.6) is 0 Å². The maximum atomic E-state index is 12.2. The minimum Gasteiger partial charge on any atom is -0.360 e. The first-order chi connectivity index (χ1) is 12.1. The molecule has 0 unspecified atom stereocenters. The van der Waals surface area contributed by atoms with E-state index in [4.69, 9.17) is 5.26 Å². The zero-order chi connectivity index (χ0) is 18.1. The first kappa shape index (κ1) is 19.6. The van der Waals surface area contributed by atoms with Gasteiger partial charge in [-0.1, -0.05) is 49.1 Å². The lowest BCUT2D eigenvalue weighted by Gasteiger charge is -2.08. The van der Waals surface area contributed by atoms with Crippen molar-refractivity contribution in [1.82, 2.24) is 10.2 Å². The number of nitriles is 1. The fraction of sp³-hybridized carbons (Fsp3) is 0.375. The third kappa shape index (κ3) is 6.94. The Morgan fingerprint density at radius 3 is 2.88 bits per heavy atom. The van der Waals surface area contributed by atoms with Crippen LogP contribution < -0.4 is 10.6 Å². The highest BCUT2D eigenvalue weighted by Crippen LogP contribution is 2.28. The van der Waals surface area contributed by atoms with Crippen molar-refractivity contribution in [1.29, 1.82) is 5.26 Å². The molecule has 132 valence electrons. The number of nitrogens with zero attached hydrogens (tertiary/aromatic N) is 3. The van der Waals surface area contributed by atoms with Gasteiger partial charge < -0.3 is 10.6 Å². The van der Waals surface area contributed by atoms with Gasteiger partial charge in [0.05, 0.1) is 23.3 Å². The highest BCUT2D eigenvalue weighted by Gasteiger charge is 2.10. The van der Waals surface area contributed by atoms with Crippen molar-refractivity contribution < 1.29 is 4.79 Å². The number of hydrogen-bond donors (Lipinski definition) is 2. The molecule has 0 bridgehead atoms. The van der Waals surface area contributed by atoms with E-state index in [0.717, 1.165) is 26.6 Å². The molecular formula is C16H19N5OS3. The second-order valence-electron chi connectivity index (χ2n) is 5.43. The summed E-state index contributed by atoms with van der Waals surface area (Å²) in [5.41, 5.74) is 0.727. The number of amides is 1. The largest absolute Gasteiger partial charge is 0.360 e. The molecule has 9 heteroatoms. The third-order valence-corrected chi connectivity index (χ3v) is 5.80. The molecule has 1 amide bonds. The van der Waals surface area contributed by atoms with Crippen molar-refractivity contribution in [2.75, 3.05) is 28.7 Å². The molecule has 1 aromatic heterocycles. The lowest BCUT2D eigenvalue weighted by Crippen LogP contribution is -2.14. The van der Waals surface area contributed by atoms with Crippen molar-refractivity contribution in [3.8, 4) is 6.07 Å². The van der Waals surface area contributed by atoms with E-state index in [0.29, 0.717) is 11.7 Å². The zero-order valence-electron chi connectivity index (χ0n) is 14.0. The van der Waals surface area contributed by atoms with Gasteiger partial charge in [0.2, 0.25) is 11.0 Å². The van der Waals surface area contributed by atoms with Crippen LogP contribution in [0.1, 0.15) is 13.8 Å². The van der Waals surface area contributed by atoms with Crippen molar-refractivity contribution in [2.45, 2.75) is 23.1 Å². The van der Waals surface area contributed by atoms with Gasteiger partial charge in [-0.2, -0.15) is 5.26 Å². The van der Waals surface area contributed by atoms with Crippen molar-refractivity contribution >= 4 is 51.6 Å². The highest BCUT2D eigenvalue weighted by atomic mass is 32.2. The van der Waals surface area contributed by atoms with E-state index < -0.39 is 0 Å². The summed E-state index contributed by atoms with van der Waals surface area (Å²) in [7, 11) is 0. The number of anilines is 2. The molecule has 0 aliphatic heterocycles. The number of aromatic nitrogens is 2. The Balaban J connectivity index is 1.84. The quantitative estimate of drug-likeness (QED) is 0.623. The Morgan fingerprint density at radius 1 is 1.32 bits per heavy atom. The molecule has 0 saturated heterocycles. The highest BCUT2D eigenvalue weighted by molar-refractivity contribution is 8.01. The fourth-order valence-electron chi connectivity index (χ4n) is 1.75. The molecule has 6 nitrogen and oxygen atoms in total. The summed E-state index contributed by atoms with van der Waals surface area (Å²) >= 11 is 4.21. The van der Waals surface area contributed by atoms with Crippen LogP contribution >= 0.6 is 34.9 Å². The topological polar surface area (TPSA) is 90.7 Å². The van der Waals surface area contributed by atoms with Gasteiger partial charge in [-0.25, -0.2) is 0 Å². The van der Waals surface area contributed by atoms with Crippen LogP contribution in [0.2, 0.25) is 0 Å². The van der Waals surface area contributed by atoms with E-state index in [-0.39, 0.29) is 11.7 Å². The fourth-order valence-corrected chi connectivity index (χ4v) is 3.98. The number of benzene rings is 1. The lowest BCUT2D eigenvalue weighted by molar-refractivity contribution is -0.113. The number of thioether (sulfide) groups is 2. The van der Waals surface area contributed by atoms with Gasteiger partial charge in [0.1, 0.15) is 0 Å². The number of hydrogen-bond acceptors (Lipinski definition) is 8. The standard InChI is InChI=1S/C16H19N5OS3/c1-11(2)9-18-15-20-21-16(25-15)24-10-14(22)19-12-5-3-4-6-13(12)23-8-7-17/h3-6,11H,8-10H2,1-2H3,(H,18,20)(H,19,22). The van der Waals surface area contributed by atoms with E-state index in [1.807, 2.05) is 24.3 Å². The number of para-hydroxylation sites is 1. The predicted octanol–water partition coefficient (Wildman–Crippen LogP) is 3.95. The average molecular weight is 394 g/mol. The molecule has 0 aliphatic carbocycles. The van der Waals surface area contributed by atoms with Gasteiger partial charge in [-0.15, -0.1) is 22.0 Å². The normalized spacial score (nSPS) is 10.5. The maximum absolute atomic E-state index is 12.2. The Hall–Kier alpha value is -1.76. The second-order valence-corrected chi connectivity index (χ2v) is 8.64. The molecule has 25 heavy (non-hydrogen) atoms. The van der Waals surface area contributed by atoms with E-state index in [9.17, 15) is 4.79 Å². The molecule has 1 aromatic carbocycles. The molecule has 2 N–H and O–H groups in total. The molecule has 0 fully saturated rings. The summed E-state index contributed by atoms with van der Waals surface area (Å²) < 4.78 is 0.758. The Labute approximate surface area is 159 Å². The molecule has 1 heterocycles. The summed E-state index contributed by atoms with van der Waals surface area (Å²) in [5.74, 6) is 1.03. The molecule has 0 atom stereocenters. The van der Waals surface area contributed by atoms with Crippen molar-refractivity contribution in [2.24, 2.45) is 5.92 Å². The van der Waals surface area contributed by atoms with Gasteiger partial charge in [-0.3, -0.25) is 4.79 Å². The van der Waals surface area contributed by atoms with E-state index in [1.165, 1.54) is 34.9 Å². The van der Waals surface area contributed by atoms with Crippen LogP contribution in [0.25, 0.3) is 0 Å². The van der Waals surface area contributed by atoms with Crippen LogP contribution in [-0.4, -0.2) is 34.2 Å². The third-order valence-electron chi connectivity index (χ3n) is 2.85. The first-order valence-electron chi connectivity index (χ1n) is 7.67. The summed E-state index contributed by atoms with van der Waals surface area (Å²) in [6.07, 6.45) is 0. The van der Waals surface area contributed by atoms with E-state index >= 15 is 0 Å². The zero-order valence-corrected chi connectivity index (χ0v) is 16.4. The van der Waals surface area contributed by atoms with Gasteiger partial charge in [0.25, 0.3) is 0 Å². The molecule has 0 spiro atoms. The van der Waals surface area contributed by atoms with Gasteiger partial charge >= 0.3 is 0 Å². The summed E-state index contributed by atoms with van der Waals surface area (Å²) in [5, 5.41) is 23.7. The molecule has 0 aliphatic rings. The average Bonchev–Trinajstić information content (AvgIpc) is 3.05. The smallest absolute Gasteiger partial charge is 0.234 e. The van der Waals surface area contributed by atoms with Crippen LogP contribution in [0.3, 0.4) is 0 Å². The van der Waals surface area contributed by atoms with Gasteiger partial charge in [0, 0.05) is 11.4 Å². The lowest BCUT2D eigenvalue weighted by atomic mass is 10.2. The number of carbonyl (C=O) groups excluding carboxylic acids is 1. The number of rotatable bonds is 9. The summed E-state index contributed by atoms with van der Waals surface area (Å²) in [4.78, 5) is 13.1. The Kier molecular flexibility index (Phi) is 8.04. The molecule has 0 saturated carbocycles. The Bertz CT molecular complexity index is 741. The molecular weight excluding hydrogens is 374 g/mol. The number of carbonyl (C=O) groups is 1. The molecule has 2 aromatic rings.